The Labute approximate surface area is 180 Å². The summed E-state index contributed by atoms with van der Waals surface area (Å²) < 4.78 is 2.55. The molecular formula is C19H21BrN6O2S. The van der Waals surface area contributed by atoms with E-state index < -0.39 is 0 Å². The first kappa shape index (κ1) is 20.0. The molecule has 0 unspecified atom stereocenters. The van der Waals surface area contributed by atoms with Gasteiger partial charge < -0.3 is 10.6 Å². The molecule has 1 fully saturated rings. The molecule has 3 aromatic rings. The third kappa shape index (κ3) is 4.65. The van der Waals surface area contributed by atoms with Crippen molar-refractivity contribution >= 4 is 55.3 Å². The van der Waals surface area contributed by atoms with Crippen LogP contribution in [0.5, 0.6) is 0 Å². The number of hydrogen-bond acceptors (Lipinski definition) is 6. The van der Waals surface area contributed by atoms with Crippen molar-refractivity contribution in [3.05, 3.63) is 39.7 Å². The summed E-state index contributed by atoms with van der Waals surface area (Å²) in [5.41, 5.74) is 2.27. The SMILES string of the molecule is Cc1ncc(NC(=O)CN2CCCCC2)cc1NC(=O)c1cnn2cc(Br)sc12. The second-order valence-corrected chi connectivity index (χ2v) is 9.45. The molecule has 4 heterocycles. The van der Waals surface area contributed by atoms with Crippen LogP contribution in [0.2, 0.25) is 0 Å². The van der Waals surface area contributed by atoms with Crippen LogP contribution in [0, 0.1) is 6.92 Å². The van der Waals surface area contributed by atoms with E-state index in [0.29, 0.717) is 29.2 Å². The largest absolute Gasteiger partial charge is 0.324 e. The van der Waals surface area contributed by atoms with Crippen LogP contribution in [0.1, 0.15) is 35.3 Å². The van der Waals surface area contributed by atoms with Crippen molar-refractivity contribution < 1.29 is 9.59 Å². The number of pyridine rings is 1. The number of hydrogen-bond donors (Lipinski definition) is 2. The predicted molar refractivity (Wildman–Crippen MR) is 117 cm³/mol. The van der Waals surface area contributed by atoms with E-state index in [-0.39, 0.29) is 11.8 Å². The number of piperidine rings is 1. The molecule has 8 nitrogen and oxygen atoms in total. The fourth-order valence-electron chi connectivity index (χ4n) is 3.35. The number of nitrogens with one attached hydrogen (secondary N) is 2. The Kier molecular flexibility index (Phi) is 5.93. The number of carbonyl (C=O) groups is 2. The van der Waals surface area contributed by atoms with Gasteiger partial charge in [0.1, 0.15) is 4.83 Å². The molecule has 10 heteroatoms. The average molecular weight is 477 g/mol. The molecule has 0 radical (unpaired) electrons. The zero-order chi connectivity index (χ0) is 20.4. The number of aryl methyl sites for hydroxylation is 1. The van der Waals surface area contributed by atoms with Crippen molar-refractivity contribution in [2.75, 3.05) is 30.3 Å². The number of fused-ring (bicyclic) bond motifs is 1. The van der Waals surface area contributed by atoms with E-state index in [1.807, 2.05) is 13.1 Å². The number of halogens is 1. The summed E-state index contributed by atoms with van der Waals surface area (Å²) >= 11 is 4.84. The zero-order valence-corrected chi connectivity index (χ0v) is 18.3. The minimum atomic E-state index is -0.268. The molecule has 0 spiro atoms. The van der Waals surface area contributed by atoms with Crippen LogP contribution < -0.4 is 10.6 Å². The third-order valence-corrected chi connectivity index (χ3v) is 6.44. The molecule has 0 atom stereocenters. The highest BCUT2D eigenvalue weighted by Gasteiger charge is 2.18. The van der Waals surface area contributed by atoms with Crippen LogP contribution >= 0.6 is 27.3 Å². The Morgan fingerprint density at radius 2 is 2.00 bits per heavy atom. The average Bonchev–Trinajstić information content (AvgIpc) is 3.24. The summed E-state index contributed by atoms with van der Waals surface area (Å²) in [5, 5.41) is 9.96. The molecule has 152 valence electrons. The molecule has 2 amide bonds. The fraction of sp³-hybridized carbons (Fsp3) is 0.368. The van der Waals surface area contributed by atoms with Crippen molar-refractivity contribution in [3.63, 3.8) is 0 Å². The maximum Gasteiger partial charge on any atom is 0.260 e. The van der Waals surface area contributed by atoms with Crippen LogP contribution in [-0.4, -0.2) is 50.9 Å². The second-order valence-electron chi connectivity index (χ2n) is 7.04. The maximum atomic E-state index is 12.8. The van der Waals surface area contributed by atoms with Gasteiger partial charge in [0.25, 0.3) is 5.91 Å². The predicted octanol–water partition coefficient (Wildman–Crippen LogP) is 3.54. The molecule has 0 aliphatic carbocycles. The van der Waals surface area contributed by atoms with E-state index >= 15 is 0 Å². The molecule has 29 heavy (non-hydrogen) atoms. The summed E-state index contributed by atoms with van der Waals surface area (Å²) in [7, 11) is 0. The number of likely N-dealkylation sites (tertiary alicyclic amines) is 1. The summed E-state index contributed by atoms with van der Waals surface area (Å²) in [5.74, 6) is -0.340. The summed E-state index contributed by atoms with van der Waals surface area (Å²) in [6.45, 7) is 4.10. The van der Waals surface area contributed by atoms with Crippen molar-refractivity contribution in [2.24, 2.45) is 0 Å². The summed E-state index contributed by atoms with van der Waals surface area (Å²) in [6, 6.07) is 1.74. The number of aromatic nitrogens is 3. The third-order valence-electron chi connectivity index (χ3n) is 4.85. The normalized spacial score (nSPS) is 14.8. The van der Waals surface area contributed by atoms with E-state index in [1.54, 1.807) is 23.0 Å². The van der Waals surface area contributed by atoms with Crippen LogP contribution in [-0.2, 0) is 4.79 Å². The quantitative estimate of drug-likeness (QED) is 0.587. The molecule has 3 aromatic heterocycles. The van der Waals surface area contributed by atoms with Gasteiger partial charge in [-0.3, -0.25) is 19.5 Å². The van der Waals surface area contributed by atoms with Gasteiger partial charge in [-0.1, -0.05) is 6.42 Å². The second kappa shape index (κ2) is 8.60. The van der Waals surface area contributed by atoms with E-state index in [2.05, 4.69) is 41.5 Å². The molecule has 2 N–H and O–H groups in total. The van der Waals surface area contributed by atoms with Gasteiger partial charge in [-0.05, 0) is 54.9 Å². The number of nitrogens with zero attached hydrogens (tertiary/aromatic N) is 4. The standard InChI is InChI=1S/C19H21BrN6O2S/c1-12-15(24-18(28)14-9-22-26-10-16(20)29-19(14)26)7-13(8-21-12)23-17(27)11-25-5-3-2-4-6-25/h7-10H,2-6,11H2,1H3,(H,23,27)(H,24,28). The van der Waals surface area contributed by atoms with Gasteiger partial charge >= 0.3 is 0 Å². The lowest BCUT2D eigenvalue weighted by molar-refractivity contribution is -0.117. The number of amides is 2. The van der Waals surface area contributed by atoms with Gasteiger partial charge in [0, 0.05) is 0 Å². The summed E-state index contributed by atoms with van der Waals surface area (Å²) in [4.78, 5) is 32.3. The topological polar surface area (TPSA) is 91.6 Å². The first-order valence-electron chi connectivity index (χ1n) is 9.42. The first-order valence-corrected chi connectivity index (χ1v) is 11.0. The molecular weight excluding hydrogens is 456 g/mol. The Hall–Kier alpha value is -2.30. The number of anilines is 2. The molecule has 0 aromatic carbocycles. The number of rotatable bonds is 5. The van der Waals surface area contributed by atoms with Gasteiger partial charge in [-0.25, -0.2) is 4.52 Å². The zero-order valence-electron chi connectivity index (χ0n) is 15.9. The van der Waals surface area contributed by atoms with Crippen molar-refractivity contribution in [1.82, 2.24) is 19.5 Å². The number of carbonyl (C=O) groups excluding carboxylic acids is 2. The van der Waals surface area contributed by atoms with Crippen molar-refractivity contribution in [3.8, 4) is 0 Å². The maximum absolute atomic E-state index is 12.8. The highest BCUT2D eigenvalue weighted by molar-refractivity contribution is 9.11. The lowest BCUT2D eigenvalue weighted by Crippen LogP contribution is -2.36. The van der Waals surface area contributed by atoms with Gasteiger partial charge in [0.2, 0.25) is 5.91 Å². The Morgan fingerprint density at radius 3 is 2.79 bits per heavy atom. The van der Waals surface area contributed by atoms with Crippen LogP contribution in [0.15, 0.2) is 28.4 Å². The van der Waals surface area contributed by atoms with Gasteiger partial charge in [0.05, 0.1) is 51.6 Å². The lowest BCUT2D eigenvalue weighted by atomic mass is 10.1. The number of thiazole rings is 1. The van der Waals surface area contributed by atoms with Crippen molar-refractivity contribution in [2.45, 2.75) is 26.2 Å². The molecule has 0 saturated carbocycles. The Bertz CT molecular complexity index is 1060. The molecule has 1 aliphatic heterocycles. The minimum absolute atomic E-state index is 0.0726. The van der Waals surface area contributed by atoms with Gasteiger partial charge in [-0.2, -0.15) is 5.10 Å². The highest BCUT2D eigenvalue weighted by atomic mass is 79.9. The van der Waals surface area contributed by atoms with E-state index in [4.69, 9.17) is 0 Å². The van der Waals surface area contributed by atoms with E-state index in [9.17, 15) is 9.59 Å². The van der Waals surface area contributed by atoms with Gasteiger partial charge in [0.15, 0.2) is 0 Å². The van der Waals surface area contributed by atoms with Crippen LogP contribution in [0.3, 0.4) is 0 Å². The smallest absolute Gasteiger partial charge is 0.260 e. The Morgan fingerprint density at radius 1 is 1.21 bits per heavy atom. The van der Waals surface area contributed by atoms with E-state index in [1.165, 1.54) is 17.8 Å². The Balaban J connectivity index is 1.45. The van der Waals surface area contributed by atoms with Crippen LogP contribution in [0.25, 0.3) is 4.83 Å². The molecule has 1 saturated heterocycles. The van der Waals surface area contributed by atoms with E-state index in [0.717, 1.165) is 34.5 Å². The first-order chi connectivity index (χ1) is 14.0. The highest BCUT2D eigenvalue weighted by Crippen LogP contribution is 2.27. The molecule has 1 aliphatic rings. The van der Waals surface area contributed by atoms with Crippen LogP contribution in [0.4, 0.5) is 11.4 Å². The molecule has 4 rings (SSSR count). The monoisotopic (exact) mass is 476 g/mol. The summed E-state index contributed by atoms with van der Waals surface area (Å²) in [6.07, 6.45) is 8.46. The fourth-order valence-corrected chi connectivity index (χ4v) is 4.79. The minimum Gasteiger partial charge on any atom is -0.324 e. The van der Waals surface area contributed by atoms with Crippen molar-refractivity contribution in [1.29, 1.82) is 0 Å². The lowest BCUT2D eigenvalue weighted by Gasteiger charge is -2.25. The molecule has 0 bridgehead atoms. The van der Waals surface area contributed by atoms with Gasteiger partial charge in [-0.15, -0.1) is 11.3 Å².